The highest BCUT2D eigenvalue weighted by molar-refractivity contribution is 14.0. The summed E-state index contributed by atoms with van der Waals surface area (Å²) in [7, 11) is 1.47. The molecule has 2 rings (SSSR count). The van der Waals surface area contributed by atoms with E-state index in [4.69, 9.17) is 4.42 Å². The SMILES string of the molecule is CN=C(NCCC(F)(F)F)NCc1nc(-c2ccco2)n[nH]1.I. The number of rotatable bonds is 5. The molecule has 11 heteroatoms. The van der Waals surface area contributed by atoms with E-state index >= 15 is 0 Å². The molecule has 23 heavy (non-hydrogen) atoms. The number of furan rings is 1. The summed E-state index contributed by atoms with van der Waals surface area (Å²) in [6, 6.07) is 3.44. The number of hydrogen-bond donors (Lipinski definition) is 3. The van der Waals surface area contributed by atoms with E-state index in [1.165, 1.54) is 13.3 Å². The van der Waals surface area contributed by atoms with Crippen LogP contribution in [0.15, 0.2) is 27.8 Å². The van der Waals surface area contributed by atoms with E-state index in [0.29, 0.717) is 17.4 Å². The molecule has 7 nitrogen and oxygen atoms in total. The summed E-state index contributed by atoms with van der Waals surface area (Å²) in [5.74, 6) is 1.68. The fourth-order valence-electron chi connectivity index (χ4n) is 1.60. The van der Waals surface area contributed by atoms with Crippen molar-refractivity contribution < 1.29 is 17.6 Å². The number of nitrogens with zero attached hydrogens (tertiary/aromatic N) is 3. The summed E-state index contributed by atoms with van der Waals surface area (Å²) in [6.45, 7) is -0.0172. The molecule has 0 unspecified atom stereocenters. The van der Waals surface area contributed by atoms with Gasteiger partial charge in [0.05, 0.1) is 19.2 Å². The zero-order valence-electron chi connectivity index (χ0n) is 12.1. The van der Waals surface area contributed by atoms with Crippen LogP contribution in [-0.2, 0) is 6.54 Å². The predicted molar refractivity (Wildman–Crippen MR) is 88.4 cm³/mol. The summed E-state index contributed by atoms with van der Waals surface area (Å²) < 4.78 is 41.4. The number of H-pyrrole nitrogens is 1. The van der Waals surface area contributed by atoms with Gasteiger partial charge in [-0.3, -0.25) is 10.1 Å². The molecule has 0 saturated heterocycles. The van der Waals surface area contributed by atoms with E-state index in [-0.39, 0.29) is 43.0 Å². The molecule has 0 fully saturated rings. The highest BCUT2D eigenvalue weighted by Gasteiger charge is 2.26. The molecule has 3 N–H and O–H groups in total. The quantitative estimate of drug-likeness (QED) is 0.374. The lowest BCUT2D eigenvalue weighted by atomic mass is 10.4. The van der Waals surface area contributed by atoms with Crippen molar-refractivity contribution in [3.05, 3.63) is 24.2 Å². The minimum absolute atomic E-state index is 0. The normalized spacial score (nSPS) is 11.9. The maximum atomic E-state index is 12.1. The maximum Gasteiger partial charge on any atom is 0.390 e. The van der Waals surface area contributed by atoms with Crippen LogP contribution in [0.3, 0.4) is 0 Å². The lowest BCUT2D eigenvalue weighted by molar-refractivity contribution is -0.132. The molecule has 0 atom stereocenters. The number of aliphatic imine (C=N–C) groups is 1. The third-order valence-corrected chi connectivity index (χ3v) is 2.62. The first kappa shape index (κ1) is 19.3. The van der Waals surface area contributed by atoms with Crippen LogP contribution >= 0.6 is 24.0 Å². The fourth-order valence-corrected chi connectivity index (χ4v) is 1.60. The molecule has 2 aromatic rings. The van der Waals surface area contributed by atoms with Gasteiger partial charge >= 0.3 is 6.18 Å². The number of nitrogens with one attached hydrogen (secondary N) is 3. The Kier molecular flexibility index (Phi) is 7.32. The van der Waals surface area contributed by atoms with E-state index in [0.717, 1.165) is 0 Å². The van der Waals surface area contributed by atoms with Gasteiger partial charge in [-0.05, 0) is 12.1 Å². The van der Waals surface area contributed by atoms with Gasteiger partial charge in [0.15, 0.2) is 11.7 Å². The number of aromatic nitrogens is 3. The van der Waals surface area contributed by atoms with Crippen molar-refractivity contribution in [3.8, 4) is 11.6 Å². The van der Waals surface area contributed by atoms with Gasteiger partial charge in [0.2, 0.25) is 5.82 Å². The zero-order chi connectivity index (χ0) is 16.0. The first-order valence-electron chi connectivity index (χ1n) is 6.44. The van der Waals surface area contributed by atoms with Crippen molar-refractivity contribution in [2.45, 2.75) is 19.1 Å². The van der Waals surface area contributed by atoms with Crippen LogP contribution in [0.2, 0.25) is 0 Å². The van der Waals surface area contributed by atoms with Crippen molar-refractivity contribution in [1.29, 1.82) is 0 Å². The van der Waals surface area contributed by atoms with Crippen LogP contribution in [0.5, 0.6) is 0 Å². The molecule has 2 aromatic heterocycles. The second kappa shape index (κ2) is 8.74. The minimum atomic E-state index is -4.20. The molecule has 0 aliphatic heterocycles. The molecule has 0 spiro atoms. The number of guanidine groups is 1. The lowest BCUT2D eigenvalue weighted by Crippen LogP contribution is -2.38. The Morgan fingerprint density at radius 3 is 2.78 bits per heavy atom. The van der Waals surface area contributed by atoms with Gasteiger partial charge in [0.25, 0.3) is 0 Å². The molecule has 0 saturated carbocycles. The van der Waals surface area contributed by atoms with Gasteiger partial charge in [-0.15, -0.1) is 29.1 Å². The van der Waals surface area contributed by atoms with Gasteiger partial charge in [0, 0.05) is 13.6 Å². The molecule has 0 aliphatic carbocycles. The van der Waals surface area contributed by atoms with Crippen LogP contribution < -0.4 is 10.6 Å². The average molecular weight is 444 g/mol. The van der Waals surface area contributed by atoms with Crippen molar-refractivity contribution in [3.63, 3.8) is 0 Å². The lowest BCUT2D eigenvalue weighted by Gasteiger charge is -2.11. The van der Waals surface area contributed by atoms with Crippen LogP contribution in [0.1, 0.15) is 12.2 Å². The van der Waals surface area contributed by atoms with Crippen LogP contribution in [0.25, 0.3) is 11.6 Å². The first-order chi connectivity index (χ1) is 10.5. The minimum Gasteiger partial charge on any atom is -0.461 e. The Labute approximate surface area is 147 Å². The summed E-state index contributed by atoms with van der Waals surface area (Å²) in [4.78, 5) is 8.02. The standard InChI is InChI=1S/C12H15F3N6O.HI/c1-16-11(17-5-4-12(13,14)15)18-7-9-19-10(21-20-9)8-3-2-6-22-8;/h2-3,6H,4-5,7H2,1H3,(H2,16,17,18)(H,19,20,21);1H. The number of aromatic amines is 1. The third-order valence-electron chi connectivity index (χ3n) is 2.62. The number of alkyl halides is 3. The molecule has 0 aliphatic rings. The van der Waals surface area contributed by atoms with E-state index in [9.17, 15) is 13.2 Å². The Balaban J connectivity index is 0.00000264. The van der Waals surface area contributed by atoms with Crippen molar-refractivity contribution in [1.82, 2.24) is 25.8 Å². The van der Waals surface area contributed by atoms with E-state index < -0.39 is 12.6 Å². The summed E-state index contributed by atoms with van der Waals surface area (Å²) in [5.41, 5.74) is 0. The molecular formula is C12H16F3IN6O. The van der Waals surface area contributed by atoms with Crippen LogP contribution in [0, 0.1) is 0 Å². The van der Waals surface area contributed by atoms with Gasteiger partial charge in [0.1, 0.15) is 5.82 Å². The van der Waals surface area contributed by atoms with Gasteiger partial charge in [-0.25, -0.2) is 4.98 Å². The van der Waals surface area contributed by atoms with E-state index in [2.05, 4.69) is 30.8 Å². The summed E-state index contributed by atoms with van der Waals surface area (Å²) in [6.07, 6.45) is -3.62. The van der Waals surface area contributed by atoms with Gasteiger partial charge in [-0.1, -0.05) is 0 Å². The smallest absolute Gasteiger partial charge is 0.390 e. The Morgan fingerprint density at radius 2 is 2.17 bits per heavy atom. The van der Waals surface area contributed by atoms with Crippen molar-refractivity contribution in [2.24, 2.45) is 4.99 Å². The van der Waals surface area contributed by atoms with Gasteiger partial charge < -0.3 is 15.1 Å². The Hall–Kier alpha value is -1.79. The maximum absolute atomic E-state index is 12.1. The van der Waals surface area contributed by atoms with E-state index in [1.807, 2.05) is 0 Å². The van der Waals surface area contributed by atoms with Crippen LogP contribution in [-0.4, -0.2) is 40.9 Å². The molecule has 0 aromatic carbocycles. The second-order valence-electron chi connectivity index (χ2n) is 4.30. The Morgan fingerprint density at radius 1 is 1.39 bits per heavy atom. The van der Waals surface area contributed by atoms with Crippen molar-refractivity contribution >= 4 is 29.9 Å². The van der Waals surface area contributed by atoms with Gasteiger partial charge in [-0.2, -0.15) is 13.2 Å². The molecule has 2 heterocycles. The monoisotopic (exact) mass is 444 g/mol. The first-order valence-corrected chi connectivity index (χ1v) is 6.44. The predicted octanol–water partition coefficient (Wildman–Crippen LogP) is 2.30. The molecule has 0 amide bonds. The molecule has 0 bridgehead atoms. The highest BCUT2D eigenvalue weighted by Crippen LogP contribution is 2.18. The summed E-state index contributed by atoms with van der Waals surface area (Å²) >= 11 is 0. The largest absolute Gasteiger partial charge is 0.461 e. The van der Waals surface area contributed by atoms with Crippen LogP contribution in [0.4, 0.5) is 13.2 Å². The zero-order valence-corrected chi connectivity index (χ0v) is 14.5. The van der Waals surface area contributed by atoms with Crippen molar-refractivity contribution in [2.75, 3.05) is 13.6 Å². The van der Waals surface area contributed by atoms with E-state index in [1.54, 1.807) is 12.1 Å². The Bertz CT molecular complexity index is 611. The highest BCUT2D eigenvalue weighted by atomic mass is 127. The number of hydrogen-bond acceptors (Lipinski definition) is 4. The average Bonchev–Trinajstić information content (AvgIpc) is 3.11. The topological polar surface area (TPSA) is 91.1 Å². The molecule has 128 valence electrons. The third kappa shape index (κ3) is 6.46. The molecular weight excluding hydrogens is 428 g/mol. The fraction of sp³-hybridized carbons (Fsp3) is 0.417. The second-order valence-corrected chi connectivity index (χ2v) is 4.30. The molecule has 0 radical (unpaired) electrons. The summed E-state index contributed by atoms with van der Waals surface area (Å²) in [5, 5.41) is 12.1. The number of halogens is 4.